The monoisotopic (exact) mass is 441 g/mol. The van der Waals surface area contributed by atoms with Crippen LogP contribution in [0.15, 0.2) is 59.4 Å². The normalized spacial score (nSPS) is 17.6. The Labute approximate surface area is 190 Å². The van der Waals surface area contributed by atoms with Crippen LogP contribution in [0.3, 0.4) is 0 Å². The molecule has 2 aromatic heterocycles. The first-order valence-corrected chi connectivity index (χ1v) is 11.5. The average Bonchev–Trinajstić information content (AvgIpc) is 3.22. The van der Waals surface area contributed by atoms with Crippen LogP contribution in [0.25, 0.3) is 10.9 Å². The van der Waals surface area contributed by atoms with Crippen LogP contribution in [-0.2, 0) is 19.3 Å². The summed E-state index contributed by atoms with van der Waals surface area (Å²) in [6, 6.07) is 15.7. The number of halogens is 1. The van der Waals surface area contributed by atoms with Crippen molar-refractivity contribution < 1.29 is 9.18 Å². The number of aryl methyl sites for hydroxylation is 2. The van der Waals surface area contributed by atoms with Gasteiger partial charge in [-0.25, -0.2) is 4.39 Å². The fraction of sp³-hybridized carbons (Fsp3) is 0.259. The number of hydrogen-bond acceptors (Lipinski definition) is 2. The number of aromatic nitrogens is 2. The van der Waals surface area contributed by atoms with Gasteiger partial charge in [-0.3, -0.25) is 9.59 Å². The minimum absolute atomic E-state index is 0.136. The van der Waals surface area contributed by atoms with Crippen LogP contribution in [0.1, 0.15) is 57.3 Å². The number of carbonyl (C=O) groups excluding carboxylic acids is 1. The SMILES string of the molecule is O=C(c1cc2c([nH]c1=O)CCCC2)N1CCc2c([nH]c3ccccc23)[C@H]1c1ccccc1F. The summed E-state index contributed by atoms with van der Waals surface area (Å²) in [4.78, 5) is 34.7. The van der Waals surface area contributed by atoms with Gasteiger partial charge in [0.25, 0.3) is 11.5 Å². The van der Waals surface area contributed by atoms with Crippen molar-refractivity contribution in [2.45, 2.75) is 38.1 Å². The van der Waals surface area contributed by atoms with E-state index in [-0.39, 0.29) is 22.8 Å². The van der Waals surface area contributed by atoms with E-state index in [9.17, 15) is 9.59 Å². The average molecular weight is 442 g/mol. The second-order valence-electron chi connectivity index (χ2n) is 8.96. The smallest absolute Gasteiger partial charge is 0.261 e. The van der Waals surface area contributed by atoms with Gasteiger partial charge in [0.2, 0.25) is 0 Å². The number of pyridine rings is 1. The first kappa shape index (κ1) is 20.0. The zero-order valence-corrected chi connectivity index (χ0v) is 18.2. The lowest BCUT2D eigenvalue weighted by atomic mass is 9.91. The maximum Gasteiger partial charge on any atom is 0.261 e. The van der Waals surface area contributed by atoms with E-state index in [1.807, 2.05) is 18.2 Å². The molecule has 0 bridgehead atoms. The van der Waals surface area contributed by atoms with E-state index in [0.717, 1.165) is 59.1 Å². The highest BCUT2D eigenvalue weighted by molar-refractivity contribution is 5.95. The van der Waals surface area contributed by atoms with Crippen LogP contribution >= 0.6 is 0 Å². The molecule has 6 heteroatoms. The summed E-state index contributed by atoms with van der Waals surface area (Å²) in [7, 11) is 0. The van der Waals surface area contributed by atoms with Gasteiger partial charge in [-0.05, 0) is 61.4 Å². The van der Waals surface area contributed by atoms with Crippen molar-refractivity contribution in [3.05, 3.63) is 104 Å². The molecule has 1 aliphatic carbocycles. The molecule has 1 amide bonds. The zero-order valence-electron chi connectivity index (χ0n) is 18.2. The molecule has 0 fully saturated rings. The third-order valence-electron chi connectivity index (χ3n) is 7.06. The largest absolute Gasteiger partial charge is 0.356 e. The van der Waals surface area contributed by atoms with Gasteiger partial charge < -0.3 is 14.9 Å². The number of hydrogen-bond donors (Lipinski definition) is 2. The molecular weight excluding hydrogens is 417 g/mol. The van der Waals surface area contributed by atoms with Crippen molar-refractivity contribution in [3.63, 3.8) is 0 Å². The molecule has 4 aromatic rings. The Bertz CT molecular complexity index is 1450. The van der Waals surface area contributed by atoms with Gasteiger partial charge in [0.1, 0.15) is 17.4 Å². The number of carbonyl (C=O) groups is 1. The molecule has 0 saturated heterocycles. The Morgan fingerprint density at radius 1 is 0.970 bits per heavy atom. The molecule has 6 rings (SSSR count). The molecule has 1 atom stereocenters. The lowest BCUT2D eigenvalue weighted by molar-refractivity contribution is 0.0687. The summed E-state index contributed by atoms with van der Waals surface area (Å²) in [5.41, 5.74) is 5.04. The van der Waals surface area contributed by atoms with Crippen molar-refractivity contribution in [3.8, 4) is 0 Å². The zero-order chi connectivity index (χ0) is 22.5. The number of rotatable bonds is 2. The van der Waals surface area contributed by atoms with E-state index < -0.39 is 6.04 Å². The van der Waals surface area contributed by atoms with E-state index in [1.165, 1.54) is 6.07 Å². The molecule has 3 heterocycles. The number of H-pyrrole nitrogens is 2. The molecular formula is C27H24FN3O2. The van der Waals surface area contributed by atoms with Gasteiger partial charge in [-0.2, -0.15) is 0 Å². The van der Waals surface area contributed by atoms with Crippen molar-refractivity contribution in [2.75, 3.05) is 6.54 Å². The lowest BCUT2D eigenvalue weighted by Gasteiger charge is -2.36. The number of aromatic amines is 2. The van der Waals surface area contributed by atoms with Crippen LogP contribution < -0.4 is 5.56 Å². The Balaban J connectivity index is 1.51. The topological polar surface area (TPSA) is 69.0 Å². The summed E-state index contributed by atoms with van der Waals surface area (Å²) in [6.07, 6.45) is 4.42. The van der Waals surface area contributed by atoms with Gasteiger partial charge in [0.15, 0.2) is 0 Å². The van der Waals surface area contributed by atoms with Gasteiger partial charge in [-0.1, -0.05) is 36.4 Å². The van der Waals surface area contributed by atoms with Gasteiger partial charge in [0, 0.05) is 34.4 Å². The van der Waals surface area contributed by atoms with E-state index in [0.29, 0.717) is 18.5 Å². The van der Waals surface area contributed by atoms with Gasteiger partial charge in [0.05, 0.1) is 0 Å². The Hall–Kier alpha value is -3.67. The van der Waals surface area contributed by atoms with Crippen LogP contribution in [-0.4, -0.2) is 27.3 Å². The first-order valence-electron chi connectivity index (χ1n) is 11.5. The van der Waals surface area contributed by atoms with Gasteiger partial charge >= 0.3 is 0 Å². The van der Waals surface area contributed by atoms with Crippen LogP contribution in [0.5, 0.6) is 0 Å². The molecule has 1 aliphatic heterocycles. The summed E-state index contributed by atoms with van der Waals surface area (Å²) in [6.45, 7) is 0.406. The van der Waals surface area contributed by atoms with Crippen molar-refractivity contribution >= 4 is 16.8 Å². The number of benzene rings is 2. The molecule has 0 saturated carbocycles. The van der Waals surface area contributed by atoms with E-state index >= 15 is 4.39 Å². The molecule has 0 unspecified atom stereocenters. The third-order valence-corrected chi connectivity index (χ3v) is 7.06. The minimum Gasteiger partial charge on any atom is -0.356 e. The van der Waals surface area contributed by atoms with Crippen molar-refractivity contribution in [1.29, 1.82) is 0 Å². The van der Waals surface area contributed by atoms with Gasteiger partial charge in [-0.15, -0.1) is 0 Å². The number of fused-ring (bicyclic) bond motifs is 4. The fourth-order valence-corrected chi connectivity index (χ4v) is 5.47. The highest BCUT2D eigenvalue weighted by atomic mass is 19.1. The molecule has 0 radical (unpaired) electrons. The summed E-state index contributed by atoms with van der Waals surface area (Å²) in [5.74, 6) is -0.728. The van der Waals surface area contributed by atoms with Crippen LogP contribution in [0.4, 0.5) is 4.39 Å². The molecule has 33 heavy (non-hydrogen) atoms. The Kier molecular flexibility index (Phi) is 4.68. The second-order valence-corrected chi connectivity index (χ2v) is 8.96. The Morgan fingerprint density at radius 3 is 2.64 bits per heavy atom. The first-order chi connectivity index (χ1) is 16.1. The summed E-state index contributed by atoms with van der Waals surface area (Å²) >= 11 is 0. The molecule has 0 spiro atoms. The maximum absolute atomic E-state index is 15.0. The summed E-state index contributed by atoms with van der Waals surface area (Å²) in [5, 5.41) is 1.09. The Morgan fingerprint density at radius 2 is 1.76 bits per heavy atom. The van der Waals surface area contributed by atoms with Crippen molar-refractivity contribution in [1.82, 2.24) is 14.9 Å². The summed E-state index contributed by atoms with van der Waals surface area (Å²) < 4.78 is 15.0. The van der Waals surface area contributed by atoms with E-state index in [4.69, 9.17) is 0 Å². The van der Waals surface area contributed by atoms with E-state index in [2.05, 4.69) is 16.0 Å². The minimum atomic E-state index is -0.634. The molecule has 2 aromatic carbocycles. The van der Waals surface area contributed by atoms with E-state index in [1.54, 1.807) is 29.2 Å². The fourth-order valence-electron chi connectivity index (χ4n) is 5.47. The van der Waals surface area contributed by atoms with Crippen LogP contribution in [0, 0.1) is 5.82 Å². The highest BCUT2D eigenvalue weighted by Crippen LogP contribution is 2.39. The standard InChI is InChI=1S/C27H24FN3O2/c28-21-10-4-2-9-19(21)25-24-18(17-8-3-6-12-23(17)29-24)13-14-31(25)27(33)20-15-16-7-1-5-11-22(16)30-26(20)32/h2-4,6,8-10,12,15,25,29H,1,5,7,11,13-14H2,(H,30,32)/t25-/m1/s1. The number of para-hydroxylation sites is 1. The molecule has 166 valence electrons. The second kappa shape index (κ2) is 7.73. The number of amides is 1. The number of nitrogens with one attached hydrogen (secondary N) is 2. The lowest BCUT2D eigenvalue weighted by Crippen LogP contribution is -2.43. The predicted octanol–water partition coefficient (Wildman–Crippen LogP) is 4.66. The quantitative estimate of drug-likeness (QED) is 0.475. The van der Waals surface area contributed by atoms with Crippen molar-refractivity contribution in [2.24, 2.45) is 0 Å². The molecule has 2 N–H and O–H groups in total. The maximum atomic E-state index is 15.0. The van der Waals surface area contributed by atoms with Crippen LogP contribution in [0.2, 0.25) is 0 Å². The number of nitrogens with zero attached hydrogens (tertiary/aromatic N) is 1. The molecule has 2 aliphatic rings. The molecule has 5 nitrogen and oxygen atoms in total. The highest BCUT2D eigenvalue weighted by Gasteiger charge is 2.37. The third kappa shape index (κ3) is 3.20. The predicted molar refractivity (Wildman–Crippen MR) is 125 cm³/mol.